The number of anilines is 1. The van der Waals surface area contributed by atoms with Crippen LogP contribution in [0.25, 0.3) is 0 Å². The van der Waals surface area contributed by atoms with Crippen LogP contribution in [0.15, 0.2) is 35.1 Å². The first-order valence-electron chi connectivity index (χ1n) is 9.91. The van der Waals surface area contributed by atoms with Gasteiger partial charge in [-0.2, -0.15) is 0 Å². The lowest BCUT2D eigenvalue weighted by atomic mass is 10.0. The van der Waals surface area contributed by atoms with Gasteiger partial charge >= 0.3 is 0 Å². The van der Waals surface area contributed by atoms with Crippen molar-refractivity contribution in [3.8, 4) is 0 Å². The lowest BCUT2D eigenvalue weighted by molar-refractivity contribution is -0.143. The van der Waals surface area contributed by atoms with Gasteiger partial charge in [0.1, 0.15) is 0 Å². The summed E-state index contributed by atoms with van der Waals surface area (Å²) < 4.78 is 5.47. The van der Waals surface area contributed by atoms with Crippen molar-refractivity contribution in [3.63, 3.8) is 0 Å². The molecule has 0 unspecified atom stereocenters. The fourth-order valence-corrected chi connectivity index (χ4v) is 4.03. The van der Waals surface area contributed by atoms with E-state index in [2.05, 4.69) is 9.88 Å². The number of aromatic nitrogens is 2. The fourth-order valence-electron chi connectivity index (χ4n) is 4.03. The summed E-state index contributed by atoms with van der Waals surface area (Å²) in [5, 5.41) is 0. The molecule has 0 aliphatic carbocycles. The van der Waals surface area contributed by atoms with Crippen molar-refractivity contribution in [2.45, 2.75) is 38.3 Å². The van der Waals surface area contributed by atoms with Crippen LogP contribution in [0.2, 0.25) is 0 Å². The molecule has 7 heteroatoms. The van der Waals surface area contributed by atoms with E-state index in [4.69, 9.17) is 9.72 Å². The highest BCUT2D eigenvalue weighted by molar-refractivity contribution is 5.82. The first kappa shape index (κ1) is 18.7. The molecule has 1 aromatic heterocycles. The number of H-pyrrole nitrogens is 1. The predicted molar refractivity (Wildman–Crippen MR) is 106 cm³/mol. The van der Waals surface area contributed by atoms with E-state index < -0.39 is 6.10 Å². The number of fused-ring (bicyclic) bond motifs is 1. The van der Waals surface area contributed by atoms with E-state index in [1.807, 2.05) is 30.3 Å². The fraction of sp³-hybridized carbons (Fsp3) is 0.476. The molecule has 148 valence electrons. The average molecular weight is 382 g/mol. The molecule has 1 aromatic carbocycles. The minimum atomic E-state index is -0.664. The summed E-state index contributed by atoms with van der Waals surface area (Å²) in [6.07, 6.45) is 3.39. The van der Waals surface area contributed by atoms with E-state index in [9.17, 15) is 9.59 Å². The number of methoxy groups -OCH3 is 1. The number of nitrogens with one attached hydrogen (secondary N) is 1. The summed E-state index contributed by atoms with van der Waals surface area (Å²) >= 11 is 0. The van der Waals surface area contributed by atoms with Gasteiger partial charge in [0.25, 0.3) is 11.5 Å². The third-order valence-corrected chi connectivity index (χ3v) is 5.59. The Morgan fingerprint density at radius 3 is 2.61 bits per heavy atom. The SMILES string of the molecule is CO[C@H](C(=O)N1CCc2nc(N3CCCCC3)[nH]c(=O)c2C1)c1ccccc1. The van der Waals surface area contributed by atoms with Gasteiger partial charge in [0.2, 0.25) is 5.95 Å². The van der Waals surface area contributed by atoms with Crippen LogP contribution in [-0.4, -0.2) is 47.5 Å². The van der Waals surface area contributed by atoms with Gasteiger partial charge in [0.15, 0.2) is 6.10 Å². The molecule has 3 heterocycles. The lowest BCUT2D eigenvalue weighted by Gasteiger charge is -2.32. The van der Waals surface area contributed by atoms with Gasteiger partial charge in [0.05, 0.1) is 17.8 Å². The van der Waals surface area contributed by atoms with E-state index in [0.717, 1.165) is 37.2 Å². The number of rotatable bonds is 4. The quantitative estimate of drug-likeness (QED) is 0.875. The van der Waals surface area contributed by atoms with Crippen molar-refractivity contribution >= 4 is 11.9 Å². The van der Waals surface area contributed by atoms with Gasteiger partial charge in [-0.3, -0.25) is 14.6 Å². The van der Waals surface area contributed by atoms with Crippen LogP contribution in [0.4, 0.5) is 5.95 Å². The number of nitrogens with zero attached hydrogens (tertiary/aromatic N) is 3. The highest BCUT2D eigenvalue weighted by atomic mass is 16.5. The second kappa shape index (κ2) is 8.14. The maximum Gasteiger partial charge on any atom is 0.257 e. The summed E-state index contributed by atoms with van der Waals surface area (Å²) in [4.78, 5) is 37.2. The molecule has 1 fully saturated rings. The normalized spacial score (nSPS) is 17.9. The highest BCUT2D eigenvalue weighted by Gasteiger charge is 2.30. The number of carbonyl (C=O) groups excluding carboxylic acids is 1. The van der Waals surface area contributed by atoms with Crippen molar-refractivity contribution in [1.82, 2.24) is 14.9 Å². The van der Waals surface area contributed by atoms with Gasteiger partial charge in [-0.05, 0) is 24.8 Å². The molecule has 1 atom stereocenters. The zero-order valence-electron chi connectivity index (χ0n) is 16.2. The lowest BCUT2D eigenvalue weighted by Crippen LogP contribution is -2.43. The van der Waals surface area contributed by atoms with Crippen LogP contribution in [0, 0.1) is 0 Å². The molecular weight excluding hydrogens is 356 g/mol. The molecule has 0 bridgehead atoms. The van der Waals surface area contributed by atoms with Crippen LogP contribution in [-0.2, 0) is 22.5 Å². The van der Waals surface area contributed by atoms with E-state index in [0.29, 0.717) is 24.5 Å². The van der Waals surface area contributed by atoms with E-state index >= 15 is 0 Å². The van der Waals surface area contributed by atoms with Crippen molar-refractivity contribution in [2.75, 3.05) is 31.6 Å². The molecule has 2 aliphatic rings. The molecule has 7 nitrogen and oxygen atoms in total. The largest absolute Gasteiger partial charge is 0.367 e. The summed E-state index contributed by atoms with van der Waals surface area (Å²) in [5.74, 6) is 0.543. The molecular formula is C21H26N4O3. The van der Waals surface area contributed by atoms with Crippen LogP contribution in [0.1, 0.15) is 42.2 Å². The maximum absolute atomic E-state index is 13.0. The summed E-state index contributed by atoms with van der Waals surface area (Å²) in [7, 11) is 1.53. The molecule has 1 amide bonds. The Morgan fingerprint density at radius 2 is 1.89 bits per heavy atom. The first-order valence-corrected chi connectivity index (χ1v) is 9.91. The van der Waals surface area contributed by atoms with Gasteiger partial charge in [-0.25, -0.2) is 4.98 Å². The van der Waals surface area contributed by atoms with Crippen molar-refractivity contribution in [2.24, 2.45) is 0 Å². The molecule has 0 spiro atoms. The van der Waals surface area contributed by atoms with Crippen molar-refractivity contribution < 1.29 is 9.53 Å². The smallest absolute Gasteiger partial charge is 0.257 e. The summed E-state index contributed by atoms with van der Waals surface area (Å²) in [5.41, 5.74) is 2.07. The number of hydrogen-bond donors (Lipinski definition) is 1. The molecule has 2 aromatic rings. The molecule has 1 N–H and O–H groups in total. The van der Waals surface area contributed by atoms with E-state index in [1.54, 1.807) is 4.90 Å². The molecule has 0 saturated carbocycles. The molecule has 4 rings (SSSR count). The third kappa shape index (κ3) is 3.67. The Bertz CT molecular complexity index is 890. The molecule has 1 saturated heterocycles. The highest BCUT2D eigenvalue weighted by Crippen LogP contribution is 2.24. The summed E-state index contributed by atoms with van der Waals surface area (Å²) in [6.45, 7) is 2.66. The number of carbonyl (C=O) groups is 1. The number of ether oxygens (including phenoxy) is 1. The van der Waals surface area contributed by atoms with Gasteiger partial charge in [-0.1, -0.05) is 30.3 Å². The Labute approximate surface area is 164 Å². The van der Waals surface area contributed by atoms with E-state index in [1.165, 1.54) is 13.5 Å². The second-order valence-electron chi connectivity index (χ2n) is 7.40. The predicted octanol–water partition coefficient (Wildman–Crippen LogP) is 2.03. The number of benzene rings is 1. The molecule has 28 heavy (non-hydrogen) atoms. The molecule has 2 aliphatic heterocycles. The van der Waals surface area contributed by atoms with Crippen LogP contribution in [0.5, 0.6) is 0 Å². The van der Waals surface area contributed by atoms with Crippen LogP contribution in [0.3, 0.4) is 0 Å². The number of piperidine rings is 1. The summed E-state index contributed by atoms with van der Waals surface area (Å²) in [6, 6.07) is 9.43. The van der Waals surface area contributed by atoms with Gasteiger partial charge in [0, 0.05) is 33.2 Å². The number of hydrogen-bond acceptors (Lipinski definition) is 5. The van der Waals surface area contributed by atoms with Crippen molar-refractivity contribution in [1.29, 1.82) is 0 Å². The Balaban J connectivity index is 1.54. The van der Waals surface area contributed by atoms with Crippen molar-refractivity contribution in [3.05, 3.63) is 57.5 Å². The topological polar surface area (TPSA) is 78.5 Å². The number of aromatic amines is 1. The Hall–Kier alpha value is -2.67. The monoisotopic (exact) mass is 382 g/mol. The zero-order chi connectivity index (χ0) is 19.5. The van der Waals surface area contributed by atoms with Crippen LogP contribution < -0.4 is 10.5 Å². The third-order valence-electron chi connectivity index (χ3n) is 5.59. The van der Waals surface area contributed by atoms with Gasteiger partial charge in [-0.15, -0.1) is 0 Å². The Kier molecular flexibility index (Phi) is 5.43. The maximum atomic E-state index is 13.0. The molecule has 0 radical (unpaired) electrons. The standard InChI is InChI=1S/C21H26N4O3/c1-28-18(15-8-4-2-5-9-15)20(27)25-13-10-17-16(14-25)19(26)23-21(22-17)24-11-6-3-7-12-24/h2,4-5,8-9,18H,3,6-7,10-14H2,1H3,(H,22,23,26)/t18-/m0/s1. The number of amides is 1. The zero-order valence-corrected chi connectivity index (χ0v) is 16.2. The Morgan fingerprint density at radius 1 is 1.14 bits per heavy atom. The van der Waals surface area contributed by atoms with Gasteiger partial charge < -0.3 is 14.5 Å². The minimum absolute atomic E-state index is 0.126. The van der Waals surface area contributed by atoms with Crippen LogP contribution >= 0.6 is 0 Å². The van der Waals surface area contributed by atoms with E-state index in [-0.39, 0.29) is 18.0 Å². The first-order chi connectivity index (χ1) is 13.7. The minimum Gasteiger partial charge on any atom is -0.367 e. The average Bonchev–Trinajstić information content (AvgIpc) is 2.75. The second-order valence-corrected chi connectivity index (χ2v) is 7.40.